The van der Waals surface area contributed by atoms with E-state index in [0.717, 1.165) is 5.56 Å². The first-order valence-corrected chi connectivity index (χ1v) is 7.71. The van der Waals surface area contributed by atoms with Crippen molar-refractivity contribution in [2.45, 2.75) is 4.90 Å². The fourth-order valence-electron chi connectivity index (χ4n) is 1.57. The SMILES string of the molecule is N#Cc1ccc(C=CC=NOS(=O)(=O)c2ccccc2)cc1. The second-order valence-corrected chi connectivity index (χ2v) is 5.72. The second-order valence-electron chi connectivity index (χ2n) is 4.19. The van der Waals surface area contributed by atoms with E-state index in [1.165, 1.54) is 18.3 Å². The van der Waals surface area contributed by atoms with Crippen molar-refractivity contribution < 1.29 is 12.7 Å². The minimum atomic E-state index is -3.88. The highest BCUT2D eigenvalue weighted by Gasteiger charge is 2.13. The van der Waals surface area contributed by atoms with Crippen LogP contribution in [0.3, 0.4) is 0 Å². The zero-order valence-corrected chi connectivity index (χ0v) is 12.3. The van der Waals surface area contributed by atoms with Gasteiger partial charge in [-0.15, -0.1) is 0 Å². The van der Waals surface area contributed by atoms with Crippen LogP contribution in [-0.2, 0) is 14.4 Å². The van der Waals surface area contributed by atoms with Gasteiger partial charge >= 0.3 is 10.1 Å². The van der Waals surface area contributed by atoms with Gasteiger partial charge < -0.3 is 0 Å². The van der Waals surface area contributed by atoms with Crippen LogP contribution < -0.4 is 0 Å². The van der Waals surface area contributed by atoms with E-state index in [4.69, 9.17) is 5.26 Å². The van der Waals surface area contributed by atoms with E-state index in [2.05, 4.69) is 9.44 Å². The lowest BCUT2D eigenvalue weighted by Crippen LogP contribution is -2.01. The van der Waals surface area contributed by atoms with Gasteiger partial charge in [-0.1, -0.05) is 41.6 Å². The van der Waals surface area contributed by atoms with E-state index in [-0.39, 0.29) is 4.90 Å². The second kappa shape index (κ2) is 7.20. The molecule has 0 saturated heterocycles. The highest BCUT2D eigenvalue weighted by Crippen LogP contribution is 2.11. The lowest BCUT2D eigenvalue weighted by molar-refractivity contribution is 0.341. The third-order valence-corrected chi connectivity index (χ3v) is 3.78. The van der Waals surface area contributed by atoms with E-state index in [1.54, 1.807) is 54.6 Å². The quantitative estimate of drug-likeness (QED) is 0.628. The zero-order chi connectivity index (χ0) is 15.8. The average molecular weight is 312 g/mol. The van der Waals surface area contributed by atoms with Crippen LogP contribution in [0, 0.1) is 11.3 Å². The number of hydrogen-bond acceptors (Lipinski definition) is 5. The summed E-state index contributed by atoms with van der Waals surface area (Å²) >= 11 is 0. The summed E-state index contributed by atoms with van der Waals surface area (Å²) in [6, 6.07) is 16.7. The van der Waals surface area contributed by atoms with Crippen LogP contribution in [0.1, 0.15) is 11.1 Å². The monoisotopic (exact) mass is 312 g/mol. The van der Waals surface area contributed by atoms with E-state index < -0.39 is 10.1 Å². The van der Waals surface area contributed by atoms with Gasteiger partial charge in [0.15, 0.2) is 0 Å². The molecule has 0 saturated carbocycles. The van der Waals surface area contributed by atoms with E-state index in [1.807, 2.05) is 6.07 Å². The standard InChI is InChI=1S/C16H12N2O3S/c17-13-15-10-8-14(9-11-15)5-4-12-18-21-22(19,20)16-6-2-1-3-7-16/h1-12H. The Morgan fingerprint density at radius 3 is 2.36 bits per heavy atom. The molecule has 0 aromatic heterocycles. The van der Waals surface area contributed by atoms with Crippen LogP contribution >= 0.6 is 0 Å². The first kappa shape index (κ1) is 15.5. The van der Waals surface area contributed by atoms with Crippen molar-refractivity contribution in [1.29, 1.82) is 5.26 Å². The summed E-state index contributed by atoms with van der Waals surface area (Å²) in [5, 5.41) is 12.1. The summed E-state index contributed by atoms with van der Waals surface area (Å²) in [5.41, 5.74) is 1.43. The van der Waals surface area contributed by atoms with Crippen molar-refractivity contribution in [3.8, 4) is 6.07 Å². The topological polar surface area (TPSA) is 79.5 Å². The first-order valence-electron chi connectivity index (χ1n) is 6.31. The number of nitriles is 1. The van der Waals surface area contributed by atoms with Crippen molar-refractivity contribution in [3.63, 3.8) is 0 Å². The molecular weight excluding hydrogens is 300 g/mol. The van der Waals surface area contributed by atoms with Crippen molar-refractivity contribution in [2.75, 3.05) is 0 Å². The summed E-state index contributed by atoms with van der Waals surface area (Å²) in [5.74, 6) is 0. The van der Waals surface area contributed by atoms with Gasteiger partial charge in [0.05, 0.1) is 17.8 Å². The largest absolute Gasteiger partial charge is 0.358 e. The smallest absolute Gasteiger partial charge is 0.265 e. The number of nitrogens with zero attached hydrogens (tertiary/aromatic N) is 2. The first-order chi connectivity index (χ1) is 10.6. The molecule has 0 bridgehead atoms. The van der Waals surface area contributed by atoms with Crippen LogP contribution in [0.4, 0.5) is 0 Å². The maximum absolute atomic E-state index is 11.7. The molecule has 0 unspecified atom stereocenters. The number of oxime groups is 1. The van der Waals surface area contributed by atoms with Gasteiger partial charge in [0.25, 0.3) is 0 Å². The molecule has 0 N–H and O–H groups in total. The molecular formula is C16H12N2O3S. The molecule has 5 nitrogen and oxygen atoms in total. The van der Waals surface area contributed by atoms with Gasteiger partial charge in [-0.05, 0) is 35.9 Å². The van der Waals surface area contributed by atoms with Gasteiger partial charge in [-0.25, -0.2) is 0 Å². The summed E-state index contributed by atoms with van der Waals surface area (Å²) in [4.78, 5) is 0.0446. The van der Waals surface area contributed by atoms with Crippen LogP contribution in [0.25, 0.3) is 6.08 Å². The third kappa shape index (κ3) is 4.30. The molecule has 0 aliphatic heterocycles. The Morgan fingerprint density at radius 2 is 1.73 bits per heavy atom. The molecule has 22 heavy (non-hydrogen) atoms. The van der Waals surface area contributed by atoms with Crippen molar-refractivity contribution >= 4 is 22.4 Å². The predicted molar refractivity (Wildman–Crippen MR) is 83.4 cm³/mol. The Balaban J connectivity index is 1.95. The molecule has 0 aliphatic carbocycles. The normalized spacial score (nSPS) is 11.6. The highest BCUT2D eigenvalue weighted by atomic mass is 32.2. The minimum Gasteiger partial charge on any atom is -0.265 e. The Bertz CT molecular complexity index is 818. The number of hydrogen-bond donors (Lipinski definition) is 0. The molecule has 0 radical (unpaired) electrons. The van der Waals surface area contributed by atoms with Crippen molar-refractivity contribution in [3.05, 3.63) is 71.8 Å². The Kier molecular flexibility index (Phi) is 5.07. The molecule has 0 atom stereocenters. The van der Waals surface area contributed by atoms with Gasteiger partial charge in [0, 0.05) is 0 Å². The molecule has 2 aromatic rings. The van der Waals surface area contributed by atoms with Gasteiger partial charge in [0.2, 0.25) is 0 Å². The van der Waals surface area contributed by atoms with Crippen molar-refractivity contribution in [1.82, 2.24) is 0 Å². The molecule has 2 rings (SSSR count). The average Bonchev–Trinajstić information content (AvgIpc) is 2.56. The number of rotatable bonds is 5. The molecule has 110 valence electrons. The van der Waals surface area contributed by atoms with E-state index in [9.17, 15) is 8.42 Å². The van der Waals surface area contributed by atoms with Gasteiger partial charge in [0.1, 0.15) is 4.90 Å². The van der Waals surface area contributed by atoms with E-state index >= 15 is 0 Å². The van der Waals surface area contributed by atoms with Crippen molar-refractivity contribution in [2.24, 2.45) is 5.16 Å². The maximum atomic E-state index is 11.7. The van der Waals surface area contributed by atoms with E-state index in [0.29, 0.717) is 5.56 Å². The van der Waals surface area contributed by atoms with Gasteiger partial charge in [-0.2, -0.15) is 13.7 Å². The van der Waals surface area contributed by atoms with Gasteiger partial charge in [-0.3, -0.25) is 4.28 Å². The lowest BCUT2D eigenvalue weighted by atomic mass is 10.1. The van der Waals surface area contributed by atoms with Crippen LogP contribution in [0.2, 0.25) is 0 Å². The minimum absolute atomic E-state index is 0.0446. The summed E-state index contributed by atoms with van der Waals surface area (Å²) in [7, 11) is -3.88. The van der Waals surface area contributed by atoms with Crippen LogP contribution in [0.5, 0.6) is 0 Å². The lowest BCUT2D eigenvalue weighted by Gasteiger charge is -1.99. The zero-order valence-electron chi connectivity index (χ0n) is 11.5. The molecule has 0 fully saturated rings. The Morgan fingerprint density at radius 1 is 1.05 bits per heavy atom. The fourth-order valence-corrected chi connectivity index (χ4v) is 2.31. The maximum Gasteiger partial charge on any atom is 0.358 e. The Hall–Kier alpha value is -2.91. The fraction of sp³-hybridized carbons (Fsp3) is 0. The number of benzene rings is 2. The van der Waals surface area contributed by atoms with Crippen LogP contribution in [-0.4, -0.2) is 14.6 Å². The third-order valence-electron chi connectivity index (χ3n) is 2.65. The molecule has 0 amide bonds. The molecule has 6 heteroatoms. The molecule has 0 spiro atoms. The summed E-state index contributed by atoms with van der Waals surface area (Å²) in [6.45, 7) is 0. The summed E-state index contributed by atoms with van der Waals surface area (Å²) < 4.78 is 28.0. The summed E-state index contributed by atoms with van der Waals surface area (Å²) in [6.07, 6.45) is 4.49. The van der Waals surface area contributed by atoms with Crippen LogP contribution in [0.15, 0.2) is 70.7 Å². The molecule has 0 heterocycles. The predicted octanol–water partition coefficient (Wildman–Crippen LogP) is 2.96. The number of allylic oxidation sites excluding steroid dienone is 1. The Labute approximate surface area is 128 Å². The highest BCUT2D eigenvalue weighted by molar-refractivity contribution is 7.86. The molecule has 0 aliphatic rings. The molecule has 2 aromatic carbocycles.